The number of rotatable bonds is 3. The first-order valence-corrected chi connectivity index (χ1v) is 7.31. The van der Waals surface area contributed by atoms with E-state index in [-0.39, 0.29) is 24.2 Å². The Morgan fingerprint density at radius 1 is 1.43 bits per heavy atom. The zero-order chi connectivity index (χ0) is 16.4. The molecule has 124 valence electrons. The Balaban J connectivity index is 1.66. The third kappa shape index (κ3) is 3.54. The molecule has 2 aromatic heterocycles. The Hall–Kier alpha value is -2.32. The number of H-pyrrole nitrogens is 1. The number of carbonyl (C=O) groups is 1. The maximum atomic E-state index is 12.6. The van der Waals surface area contributed by atoms with E-state index in [0.717, 1.165) is 12.6 Å². The average molecular weight is 327 g/mol. The van der Waals surface area contributed by atoms with Crippen LogP contribution >= 0.6 is 0 Å². The molecule has 1 unspecified atom stereocenters. The van der Waals surface area contributed by atoms with Crippen LogP contribution in [0.2, 0.25) is 0 Å². The highest BCUT2D eigenvalue weighted by molar-refractivity contribution is 5.76. The number of alkyl halides is 3. The minimum absolute atomic E-state index is 0.0963. The van der Waals surface area contributed by atoms with Crippen molar-refractivity contribution < 1.29 is 18.0 Å². The van der Waals surface area contributed by atoms with Crippen molar-refractivity contribution in [2.75, 3.05) is 13.1 Å². The van der Waals surface area contributed by atoms with E-state index in [4.69, 9.17) is 0 Å². The summed E-state index contributed by atoms with van der Waals surface area (Å²) in [6, 6.07) is 1.73. The molecule has 1 aliphatic heterocycles. The Bertz CT molecular complexity index is 664. The normalized spacial score (nSPS) is 19.1. The number of imidazole rings is 1. The molecule has 0 aromatic carbocycles. The highest BCUT2D eigenvalue weighted by Crippen LogP contribution is 2.31. The van der Waals surface area contributed by atoms with E-state index in [1.54, 1.807) is 23.4 Å². The zero-order valence-electron chi connectivity index (χ0n) is 12.3. The standard InChI is InChI=1S/C14H16F3N5O/c15-14(16,17)11-7-18-13(20-11)10-3-1-5-21(8-10)12(23)9-22-6-2-4-19-22/h2,4,6-7,10H,1,3,5,8-9H2,(H,18,20). The second-order valence-corrected chi connectivity index (χ2v) is 5.56. The molecule has 0 saturated carbocycles. The summed E-state index contributed by atoms with van der Waals surface area (Å²) in [5.74, 6) is -0.0173. The van der Waals surface area contributed by atoms with E-state index in [1.807, 2.05) is 0 Å². The third-order valence-corrected chi connectivity index (χ3v) is 3.92. The number of nitrogens with zero attached hydrogens (tertiary/aromatic N) is 4. The molecule has 9 heteroatoms. The summed E-state index contributed by atoms with van der Waals surface area (Å²) in [6.45, 7) is 1.10. The molecule has 1 N–H and O–H groups in total. The lowest BCUT2D eigenvalue weighted by Gasteiger charge is -2.31. The number of hydrogen-bond acceptors (Lipinski definition) is 3. The zero-order valence-corrected chi connectivity index (χ0v) is 12.3. The highest BCUT2D eigenvalue weighted by atomic mass is 19.4. The number of halogens is 3. The van der Waals surface area contributed by atoms with Crippen LogP contribution in [0.1, 0.15) is 30.3 Å². The largest absolute Gasteiger partial charge is 0.432 e. The van der Waals surface area contributed by atoms with Gasteiger partial charge in [0, 0.05) is 31.4 Å². The second-order valence-electron chi connectivity index (χ2n) is 5.56. The summed E-state index contributed by atoms with van der Waals surface area (Å²) in [5, 5.41) is 3.98. The topological polar surface area (TPSA) is 66.8 Å². The number of piperidine rings is 1. The van der Waals surface area contributed by atoms with Crippen molar-refractivity contribution in [2.45, 2.75) is 31.5 Å². The van der Waals surface area contributed by atoms with Gasteiger partial charge in [-0.15, -0.1) is 0 Å². The van der Waals surface area contributed by atoms with Gasteiger partial charge < -0.3 is 9.88 Å². The summed E-state index contributed by atoms with van der Waals surface area (Å²) in [6.07, 6.45) is 1.10. The summed E-state index contributed by atoms with van der Waals surface area (Å²) in [4.78, 5) is 20.1. The van der Waals surface area contributed by atoms with Gasteiger partial charge in [0.2, 0.25) is 5.91 Å². The van der Waals surface area contributed by atoms with Crippen LogP contribution in [0.25, 0.3) is 0 Å². The Morgan fingerprint density at radius 2 is 2.26 bits per heavy atom. The first-order valence-electron chi connectivity index (χ1n) is 7.31. The smallest absolute Gasteiger partial charge is 0.340 e. The Labute approximate surface area is 130 Å². The molecule has 1 fully saturated rings. The van der Waals surface area contributed by atoms with Gasteiger partial charge in [0.05, 0.1) is 6.20 Å². The minimum atomic E-state index is -4.44. The van der Waals surface area contributed by atoms with E-state index < -0.39 is 11.9 Å². The molecule has 1 saturated heterocycles. The maximum Gasteiger partial charge on any atom is 0.432 e. The van der Waals surface area contributed by atoms with Crippen LogP contribution < -0.4 is 0 Å². The molecular formula is C14H16F3N5O. The molecule has 3 rings (SSSR count). The van der Waals surface area contributed by atoms with E-state index in [0.29, 0.717) is 19.5 Å². The molecular weight excluding hydrogens is 311 g/mol. The number of hydrogen-bond donors (Lipinski definition) is 1. The monoisotopic (exact) mass is 327 g/mol. The van der Waals surface area contributed by atoms with Crippen LogP contribution in [-0.2, 0) is 17.5 Å². The lowest BCUT2D eigenvalue weighted by Crippen LogP contribution is -2.41. The van der Waals surface area contributed by atoms with Crippen LogP contribution in [0.3, 0.4) is 0 Å². The van der Waals surface area contributed by atoms with Gasteiger partial charge in [0.1, 0.15) is 18.1 Å². The summed E-state index contributed by atoms with van der Waals surface area (Å²) < 4.78 is 39.4. The van der Waals surface area contributed by atoms with Crippen LogP contribution in [0, 0.1) is 0 Å². The lowest BCUT2D eigenvalue weighted by molar-refractivity contribution is -0.141. The maximum absolute atomic E-state index is 12.6. The van der Waals surface area contributed by atoms with Gasteiger partial charge in [0.25, 0.3) is 0 Å². The van der Waals surface area contributed by atoms with Crippen molar-refractivity contribution in [3.8, 4) is 0 Å². The van der Waals surface area contributed by atoms with Gasteiger partial charge in [-0.05, 0) is 18.9 Å². The van der Waals surface area contributed by atoms with Gasteiger partial charge in [-0.3, -0.25) is 9.48 Å². The van der Waals surface area contributed by atoms with Gasteiger partial charge in [-0.1, -0.05) is 0 Å². The van der Waals surface area contributed by atoms with Crippen LogP contribution in [0.15, 0.2) is 24.7 Å². The van der Waals surface area contributed by atoms with E-state index >= 15 is 0 Å². The average Bonchev–Trinajstić information content (AvgIpc) is 3.18. The molecule has 23 heavy (non-hydrogen) atoms. The van der Waals surface area contributed by atoms with E-state index in [1.165, 1.54) is 4.68 Å². The number of aromatic nitrogens is 4. The minimum Gasteiger partial charge on any atom is -0.340 e. The summed E-state index contributed by atoms with van der Waals surface area (Å²) in [5.41, 5.74) is -0.854. The van der Waals surface area contributed by atoms with Crippen molar-refractivity contribution in [3.63, 3.8) is 0 Å². The van der Waals surface area contributed by atoms with Gasteiger partial charge in [-0.2, -0.15) is 18.3 Å². The fourth-order valence-electron chi connectivity index (χ4n) is 2.75. The molecule has 1 atom stereocenters. The molecule has 0 aliphatic carbocycles. The second kappa shape index (κ2) is 6.05. The molecule has 0 radical (unpaired) electrons. The number of nitrogens with one attached hydrogen (secondary N) is 1. The number of amides is 1. The first kappa shape index (κ1) is 15.6. The van der Waals surface area contributed by atoms with Gasteiger partial charge in [0.15, 0.2) is 0 Å². The molecule has 6 nitrogen and oxygen atoms in total. The molecule has 1 amide bonds. The Kier molecular flexibility index (Phi) is 4.10. The van der Waals surface area contributed by atoms with E-state index in [2.05, 4.69) is 15.1 Å². The predicted octanol–water partition coefficient (Wildman–Crippen LogP) is 2.03. The number of aromatic amines is 1. The van der Waals surface area contributed by atoms with Crippen LogP contribution in [-0.4, -0.2) is 43.6 Å². The third-order valence-electron chi connectivity index (χ3n) is 3.92. The lowest BCUT2D eigenvalue weighted by atomic mass is 9.97. The predicted molar refractivity (Wildman–Crippen MR) is 74.4 cm³/mol. The highest BCUT2D eigenvalue weighted by Gasteiger charge is 2.34. The van der Waals surface area contributed by atoms with Crippen molar-refractivity contribution in [2.24, 2.45) is 0 Å². The van der Waals surface area contributed by atoms with Crippen LogP contribution in [0.5, 0.6) is 0 Å². The molecule has 1 aliphatic rings. The molecule has 2 aromatic rings. The Morgan fingerprint density at radius 3 is 2.91 bits per heavy atom. The van der Waals surface area contributed by atoms with Gasteiger partial charge >= 0.3 is 6.18 Å². The molecule has 3 heterocycles. The van der Waals surface area contributed by atoms with E-state index in [9.17, 15) is 18.0 Å². The number of likely N-dealkylation sites (tertiary alicyclic amines) is 1. The van der Waals surface area contributed by atoms with Crippen molar-refractivity contribution in [1.82, 2.24) is 24.6 Å². The molecule has 0 bridgehead atoms. The first-order chi connectivity index (χ1) is 10.9. The summed E-state index contributed by atoms with van der Waals surface area (Å²) in [7, 11) is 0. The number of carbonyl (C=O) groups excluding carboxylic acids is 1. The fourth-order valence-corrected chi connectivity index (χ4v) is 2.75. The fraction of sp³-hybridized carbons (Fsp3) is 0.500. The van der Waals surface area contributed by atoms with Gasteiger partial charge in [-0.25, -0.2) is 4.98 Å². The SMILES string of the molecule is O=C(Cn1cccn1)N1CCCC(c2ncc(C(F)(F)F)[nH]2)C1. The van der Waals surface area contributed by atoms with Crippen molar-refractivity contribution in [1.29, 1.82) is 0 Å². The van der Waals surface area contributed by atoms with Crippen LogP contribution in [0.4, 0.5) is 13.2 Å². The van der Waals surface area contributed by atoms with Crippen molar-refractivity contribution >= 4 is 5.91 Å². The molecule has 0 spiro atoms. The quantitative estimate of drug-likeness (QED) is 0.938. The summed E-state index contributed by atoms with van der Waals surface area (Å²) >= 11 is 0. The van der Waals surface area contributed by atoms with Crippen molar-refractivity contribution in [3.05, 3.63) is 36.2 Å².